The molecule has 0 unspecified atom stereocenters. The Morgan fingerprint density at radius 3 is 3.00 bits per heavy atom. The van der Waals surface area contributed by atoms with Gasteiger partial charge in [0.05, 0.1) is 6.42 Å². The highest BCUT2D eigenvalue weighted by Crippen LogP contribution is 2.27. The van der Waals surface area contributed by atoms with E-state index in [1.807, 2.05) is 13.1 Å². The average molecular weight is 247 g/mol. The average Bonchev–Trinajstić information content (AvgIpc) is 2.73. The van der Waals surface area contributed by atoms with Crippen LogP contribution in [0.25, 0.3) is 0 Å². The molecular weight excluding hydrogens is 226 g/mol. The molecule has 2 rings (SSSR count). The molecule has 1 aliphatic rings. The lowest BCUT2D eigenvalue weighted by Crippen LogP contribution is -2.19. The van der Waals surface area contributed by atoms with Gasteiger partial charge in [-0.25, -0.2) is 0 Å². The second-order valence-corrected chi connectivity index (χ2v) is 4.80. The molecule has 0 saturated heterocycles. The molecule has 0 radical (unpaired) electrons. The minimum Gasteiger partial charge on any atom is -0.375 e. The monoisotopic (exact) mass is 247 g/mol. The minimum atomic E-state index is 0.0961. The Hall–Kier alpha value is -1.55. The molecule has 0 fully saturated rings. The first kappa shape index (κ1) is 12.9. The number of amides is 1. The third-order valence-corrected chi connectivity index (χ3v) is 3.32. The van der Waals surface area contributed by atoms with E-state index in [0.29, 0.717) is 6.42 Å². The molecule has 0 saturated carbocycles. The fraction of sp³-hybridized carbons (Fsp3) is 0.500. The molecule has 1 aliphatic heterocycles. The number of anilines is 2. The van der Waals surface area contributed by atoms with Gasteiger partial charge in [0.15, 0.2) is 0 Å². The number of nitrogens with one attached hydrogen (secondary N) is 2. The molecule has 1 heterocycles. The SMILES string of the molecule is CNCCCCN(C)c1ccc2c(c1)CC(=O)N2. The molecule has 0 bridgehead atoms. The van der Waals surface area contributed by atoms with Crippen molar-refractivity contribution in [2.45, 2.75) is 19.3 Å². The number of rotatable bonds is 6. The first-order valence-electron chi connectivity index (χ1n) is 6.49. The molecule has 0 spiro atoms. The number of unbranched alkanes of at least 4 members (excludes halogenated alkanes) is 1. The maximum Gasteiger partial charge on any atom is 0.228 e. The molecule has 1 amide bonds. The Balaban J connectivity index is 1.93. The summed E-state index contributed by atoms with van der Waals surface area (Å²) >= 11 is 0. The van der Waals surface area contributed by atoms with Crippen LogP contribution in [0.5, 0.6) is 0 Å². The van der Waals surface area contributed by atoms with Crippen molar-refractivity contribution in [2.75, 3.05) is 37.4 Å². The molecule has 0 aliphatic carbocycles. The zero-order valence-corrected chi connectivity index (χ0v) is 11.1. The Morgan fingerprint density at radius 1 is 1.39 bits per heavy atom. The first-order valence-corrected chi connectivity index (χ1v) is 6.49. The molecule has 2 N–H and O–H groups in total. The van der Waals surface area contributed by atoms with E-state index in [1.165, 1.54) is 18.5 Å². The molecule has 0 atom stereocenters. The van der Waals surface area contributed by atoms with E-state index in [9.17, 15) is 4.79 Å². The van der Waals surface area contributed by atoms with Crippen LogP contribution in [0.1, 0.15) is 18.4 Å². The second-order valence-electron chi connectivity index (χ2n) is 4.80. The highest BCUT2D eigenvalue weighted by atomic mass is 16.1. The van der Waals surface area contributed by atoms with E-state index in [-0.39, 0.29) is 5.91 Å². The lowest BCUT2D eigenvalue weighted by Gasteiger charge is -2.20. The number of benzene rings is 1. The van der Waals surface area contributed by atoms with Gasteiger partial charge in [-0.2, -0.15) is 0 Å². The summed E-state index contributed by atoms with van der Waals surface area (Å²) < 4.78 is 0. The summed E-state index contributed by atoms with van der Waals surface area (Å²) in [6, 6.07) is 6.19. The minimum absolute atomic E-state index is 0.0961. The molecule has 4 heteroatoms. The molecule has 1 aromatic rings. The van der Waals surface area contributed by atoms with Crippen LogP contribution in [0.4, 0.5) is 11.4 Å². The van der Waals surface area contributed by atoms with Crippen LogP contribution in [0.2, 0.25) is 0 Å². The van der Waals surface area contributed by atoms with Crippen molar-refractivity contribution in [1.82, 2.24) is 5.32 Å². The number of carbonyl (C=O) groups excluding carboxylic acids is 1. The largest absolute Gasteiger partial charge is 0.375 e. The molecule has 18 heavy (non-hydrogen) atoms. The number of hydrogen-bond donors (Lipinski definition) is 2. The maximum atomic E-state index is 11.3. The van der Waals surface area contributed by atoms with Crippen LogP contribution in [0, 0.1) is 0 Å². The summed E-state index contributed by atoms with van der Waals surface area (Å²) in [5.41, 5.74) is 3.27. The Morgan fingerprint density at radius 2 is 2.22 bits per heavy atom. The number of carbonyl (C=O) groups is 1. The number of fused-ring (bicyclic) bond motifs is 1. The van der Waals surface area contributed by atoms with E-state index in [4.69, 9.17) is 0 Å². The van der Waals surface area contributed by atoms with E-state index < -0.39 is 0 Å². The molecular formula is C14H21N3O. The van der Waals surface area contributed by atoms with Gasteiger partial charge in [0, 0.05) is 25.0 Å². The van der Waals surface area contributed by atoms with Crippen LogP contribution < -0.4 is 15.5 Å². The van der Waals surface area contributed by atoms with Gasteiger partial charge >= 0.3 is 0 Å². The lowest BCUT2D eigenvalue weighted by molar-refractivity contribution is -0.115. The van der Waals surface area contributed by atoms with Crippen molar-refractivity contribution in [1.29, 1.82) is 0 Å². The molecule has 0 aromatic heterocycles. The predicted octanol–water partition coefficient (Wildman–Crippen LogP) is 1.62. The topological polar surface area (TPSA) is 44.4 Å². The third kappa shape index (κ3) is 3.01. The van der Waals surface area contributed by atoms with Crippen LogP contribution in [0.15, 0.2) is 18.2 Å². The highest BCUT2D eigenvalue weighted by molar-refractivity contribution is 5.99. The third-order valence-electron chi connectivity index (χ3n) is 3.32. The highest BCUT2D eigenvalue weighted by Gasteiger charge is 2.17. The van der Waals surface area contributed by atoms with Crippen LogP contribution in [-0.4, -0.2) is 33.1 Å². The van der Waals surface area contributed by atoms with Gasteiger partial charge < -0.3 is 15.5 Å². The fourth-order valence-electron chi connectivity index (χ4n) is 2.23. The van der Waals surface area contributed by atoms with Crippen molar-refractivity contribution in [3.63, 3.8) is 0 Å². The Kier molecular flexibility index (Phi) is 4.20. The van der Waals surface area contributed by atoms with Gasteiger partial charge in [-0.15, -0.1) is 0 Å². The van der Waals surface area contributed by atoms with Crippen molar-refractivity contribution < 1.29 is 4.79 Å². The second kappa shape index (κ2) is 5.87. The summed E-state index contributed by atoms with van der Waals surface area (Å²) in [5, 5.41) is 6.01. The van der Waals surface area contributed by atoms with Gasteiger partial charge in [0.1, 0.15) is 0 Å². The fourth-order valence-corrected chi connectivity index (χ4v) is 2.23. The Bertz CT molecular complexity index is 431. The molecule has 1 aromatic carbocycles. The number of hydrogen-bond acceptors (Lipinski definition) is 3. The predicted molar refractivity (Wildman–Crippen MR) is 75.2 cm³/mol. The number of nitrogens with zero attached hydrogens (tertiary/aromatic N) is 1. The zero-order chi connectivity index (χ0) is 13.0. The van der Waals surface area contributed by atoms with Gasteiger partial charge in [-0.05, 0) is 50.2 Å². The zero-order valence-electron chi connectivity index (χ0n) is 11.1. The summed E-state index contributed by atoms with van der Waals surface area (Å²) in [7, 11) is 4.08. The Labute approximate surface area is 108 Å². The van der Waals surface area contributed by atoms with Crippen molar-refractivity contribution in [3.8, 4) is 0 Å². The van der Waals surface area contributed by atoms with Crippen LogP contribution >= 0.6 is 0 Å². The summed E-state index contributed by atoms with van der Waals surface area (Å²) in [6.45, 7) is 2.11. The van der Waals surface area contributed by atoms with Crippen LogP contribution in [0.3, 0.4) is 0 Å². The summed E-state index contributed by atoms with van der Waals surface area (Å²) in [5.74, 6) is 0.0961. The van der Waals surface area contributed by atoms with Crippen LogP contribution in [-0.2, 0) is 11.2 Å². The van der Waals surface area contributed by atoms with Crippen molar-refractivity contribution in [3.05, 3.63) is 23.8 Å². The van der Waals surface area contributed by atoms with Crippen molar-refractivity contribution in [2.24, 2.45) is 0 Å². The van der Waals surface area contributed by atoms with Gasteiger partial charge in [-0.3, -0.25) is 4.79 Å². The van der Waals surface area contributed by atoms with E-state index in [1.54, 1.807) is 0 Å². The standard InChI is InChI=1S/C14H21N3O/c1-15-7-3-4-8-17(2)12-5-6-13-11(9-12)10-14(18)16-13/h5-6,9,15H,3-4,7-8,10H2,1-2H3,(H,16,18). The van der Waals surface area contributed by atoms with Crippen molar-refractivity contribution >= 4 is 17.3 Å². The smallest absolute Gasteiger partial charge is 0.228 e. The maximum absolute atomic E-state index is 11.3. The molecule has 98 valence electrons. The van der Waals surface area contributed by atoms with Gasteiger partial charge in [0.25, 0.3) is 0 Å². The van der Waals surface area contributed by atoms with Gasteiger partial charge in [0.2, 0.25) is 5.91 Å². The lowest BCUT2D eigenvalue weighted by atomic mass is 10.1. The van der Waals surface area contributed by atoms with E-state index in [0.717, 1.165) is 24.3 Å². The molecule has 4 nitrogen and oxygen atoms in total. The van der Waals surface area contributed by atoms with E-state index in [2.05, 4.69) is 34.7 Å². The quantitative estimate of drug-likeness (QED) is 0.751. The first-order chi connectivity index (χ1) is 8.70. The normalized spacial score (nSPS) is 13.3. The summed E-state index contributed by atoms with van der Waals surface area (Å²) in [4.78, 5) is 13.5. The van der Waals surface area contributed by atoms with Gasteiger partial charge in [-0.1, -0.05) is 0 Å². The van der Waals surface area contributed by atoms with E-state index >= 15 is 0 Å². The summed E-state index contributed by atoms with van der Waals surface area (Å²) in [6.07, 6.45) is 2.87.